The lowest BCUT2D eigenvalue weighted by Gasteiger charge is -2.10. The molecule has 4 nitrogen and oxygen atoms in total. The third kappa shape index (κ3) is 3.53. The van der Waals surface area contributed by atoms with E-state index in [9.17, 15) is 4.79 Å². The highest BCUT2D eigenvalue weighted by molar-refractivity contribution is 6.10. The van der Waals surface area contributed by atoms with Gasteiger partial charge in [0, 0.05) is 44.4 Å². The van der Waals surface area contributed by atoms with E-state index in [1.165, 1.54) is 21.5 Å². The molecule has 0 unspecified atom stereocenters. The Kier molecular flexibility index (Phi) is 5.02. The van der Waals surface area contributed by atoms with Crippen molar-refractivity contribution in [2.24, 2.45) is 0 Å². The van der Waals surface area contributed by atoms with E-state index in [2.05, 4.69) is 124 Å². The molecule has 0 bridgehead atoms. The van der Waals surface area contributed by atoms with Crippen molar-refractivity contribution in [1.82, 2.24) is 9.13 Å². The van der Waals surface area contributed by atoms with Crippen molar-refractivity contribution in [2.45, 2.75) is 0 Å². The Bertz CT molecular complexity index is 2480. The lowest BCUT2D eigenvalue weighted by molar-refractivity contribution is 0.563. The van der Waals surface area contributed by atoms with E-state index in [0.29, 0.717) is 11.1 Å². The van der Waals surface area contributed by atoms with Crippen molar-refractivity contribution in [1.29, 1.82) is 0 Å². The number of fused-ring (bicyclic) bond motifs is 7. The predicted molar refractivity (Wildman–Crippen MR) is 177 cm³/mol. The Morgan fingerprint density at radius 3 is 1.40 bits per heavy atom. The van der Waals surface area contributed by atoms with Crippen LogP contribution in [-0.2, 0) is 0 Å². The van der Waals surface area contributed by atoms with Gasteiger partial charge in [-0.3, -0.25) is 0 Å². The summed E-state index contributed by atoms with van der Waals surface area (Å²) < 4.78 is 10.5. The van der Waals surface area contributed by atoms with Gasteiger partial charge in [-0.15, -0.1) is 0 Å². The number of rotatable bonds is 3. The van der Waals surface area contributed by atoms with Crippen molar-refractivity contribution in [3.05, 3.63) is 156 Å². The summed E-state index contributed by atoms with van der Waals surface area (Å²) >= 11 is 0. The monoisotopic (exact) mass is 552 g/mol. The summed E-state index contributed by atoms with van der Waals surface area (Å²) in [4.78, 5) is 13.3. The normalized spacial score (nSPS) is 11.8. The second-order valence-electron chi connectivity index (χ2n) is 11.0. The van der Waals surface area contributed by atoms with Gasteiger partial charge in [-0.1, -0.05) is 84.9 Å². The van der Waals surface area contributed by atoms with Gasteiger partial charge in [-0.05, 0) is 60.2 Å². The summed E-state index contributed by atoms with van der Waals surface area (Å²) in [5.41, 5.74) is 8.12. The van der Waals surface area contributed by atoms with E-state index < -0.39 is 0 Å². The summed E-state index contributed by atoms with van der Waals surface area (Å²) in [6, 6.07) is 49.9. The van der Waals surface area contributed by atoms with E-state index in [-0.39, 0.29) is 5.63 Å². The van der Waals surface area contributed by atoms with Crippen LogP contribution in [0.25, 0.3) is 77.1 Å². The first kappa shape index (κ1) is 23.8. The van der Waals surface area contributed by atoms with Crippen LogP contribution in [0, 0.1) is 0 Å². The first-order valence-corrected chi connectivity index (χ1v) is 14.4. The zero-order valence-electron chi connectivity index (χ0n) is 23.1. The van der Waals surface area contributed by atoms with Gasteiger partial charge >= 0.3 is 5.63 Å². The van der Waals surface area contributed by atoms with Gasteiger partial charge in [0.2, 0.25) is 0 Å². The van der Waals surface area contributed by atoms with Gasteiger partial charge in [0.15, 0.2) is 0 Å². The number of para-hydroxylation sites is 4. The Labute approximate surface area is 246 Å². The Morgan fingerprint density at radius 2 is 0.884 bits per heavy atom. The SMILES string of the molecule is O=c1oc2cc(-n3c4ccccc4c4ccccc43)ccc2cc1-c1ccc(-n2c3ccccc3c3ccccc32)cc1. The minimum absolute atomic E-state index is 0.350. The van der Waals surface area contributed by atoms with Crippen molar-refractivity contribution < 1.29 is 4.42 Å². The molecule has 0 aliphatic rings. The Balaban J connectivity index is 1.14. The van der Waals surface area contributed by atoms with Crippen molar-refractivity contribution in [3.63, 3.8) is 0 Å². The fourth-order valence-corrected chi connectivity index (χ4v) is 6.63. The van der Waals surface area contributed by atoms with E-state index in [1.54, 1.807) is 0 Å². The molecule has 43 heavy (non-hydrogen) atoms. The summed E-state index contributed by atoms with van der Waals surface area (Å²) in [5, 5.41) is 5.71. The lowest BCUT2D eigenvalue weighted by atomic mass is 10.1. The maximum Gasteiger partial charge on any atom is 0.344 e. The highest BCUT2D eigenvalue weighted by Gasteiger charge is 2.15. The zero-order chi connectivity index (χ0) is 28.5. The molecule has 3 aromatic heterocycles. The van der Waals surface area contributed by atoms with Crippen LogP contribution >= 0.6 is 0 Å². The largest absolute Gasteiger partial charge is 0.422 e. The van der Waals surface area contributed by atoms with Crippen LogP contribution in [-0.4, -0.2) is 9.13 Å². The van der Waals surface area contributed by atoms with Crippen LogP contribution in [0.15, 0.2) is 155 Å². The van der Waals surface area contributed by atoms with Crippen molar-refractivity contribution in [2.75, 3.05) is 0 Å². The van der Waals surface area contributed by atoms with Gasteiger partial charge in [-0.25, -0.2) is 4.79 Å². The molecule has 3 heterocycles. The average molecular weight is 553 g/mol. The molecule has 9 aromatic rings. The molecular formula is C39H24N2O2. The Hall–Kier alpha value is -5.87. The van der Waals surface area contributed by atoms with Crippen LogP contribution in [0.4, 0.5) is 0 Å². The van der Waals surface area contributed by atoms with Crippen molar-refractivity contribution >= 4 is 54.6 Å². The van der Waals surface area contributed by atoms with Crippen LogP contribution in [0.1, 0.15) is 0 Å². The zero-order valence-corrected chi connectivity index (χ0v) is 23.1. The fourth-order valence-electron chi connectivity index (χ4n) is 6.63. The quantitative estimate of drug-likeness (QED) is 0.205. The smallest absolute Gasteiger partial charge is 0.344 e. The number of aromatic nitrogens is 2. The molecule has 0 N–H and O–H groups in total. The molecule has 0 saturated carbocycles. The Morgan fingerprint density at radius 1 is 0.442 bits per heavy atom. The summed E-state index contributed by atoms with van der Waals surface area (Å²) in [6.45, 7) is 0. The predicted octanol–water partition coefficient (Wildman–Crippen LogP) is 9.65. The highest BCUT2D eigenvalue weighted by Crippen LogP contribution is 2.34. The second kappa shape index (κ2) is 9.07. The first-order chi connectivity index (χ1) is 21.2. The lowest BCUT2D eigenvalue weighted by Crippen LogP contribution is -2.03. The van der Waals surface area contributed by atoms with Gasteiger partial charge in [0.25, 0.3) is 0 Å². The number of nitrogens with zero attached hydrogens (tertiary/aromatic N) is 2. The van der Waals surface area contributed by atoms with Gasteiger partial charge in [0.05, 0.1) is 27.6 Å². The minimum atomic E-state index is -0.350. The average Bonchev–Trinajstić information content (AvgIpc) is 3.58. The third-order valence-corrected chi connectivity index (χ3v) is 8.57. The van der Waals surface area contributed by atoms with E-state index in [1.807, 2.05) is 30.3 Å². The van der Waals surface area contributed by atoms with Gasteiger partial charge < -0.3 is 13.6 Å². The second-order valence-corrected chi connectivity index (χ2v) is 11.0. The molecule has 0 aliphatic heterocycles. The first-order valence-electron chi connectivity index (χ1n) is 14.4. The van der Waals surface area contributed by atoms with E-state index in [0.717, 1.165) is 44.4 Å². The maximum absolute atomic E-state index is 13.3. The maximum atomic E-state index is 13.3. The van der Waals surface area contributed by atoms with Crippen molar-refractivity contribution in [3.8, 4) is 22.5 Å². The van der Waals surface area contributed by atoms with E-state index >= 15 is 0 Å². The number of benzene rings is 6. The molecule has 0 radical (unpaired) electrons. The molecular weight excluding hydrogens is 528 g/mol. The molecule has 4 heteroatoms. The number of hydrogen-bond acceptors (Lipinski definition) is 2. The molecule has 0 amide bonds. The molecule has 0 atom stereocenters. The summed E-state index contributed by atoms with van der Waals surface area (Å²) in [7, 11) is 0. The third-order valence-electron chi connectivity index (χ3n) is 8.57. The molecule has 6 aromatic carbocycles. The van der Waals surface area contributed by atoms with Crippen LogP contribution < -0.4 is 5.63 Å². The number of hydrogen-bond donors (Lipinski definition) is 0. The van der Waals surface area contributed by atoms with Crippen LogP contribution in [0.3, 0.4) is 0 Å². The van der Waals surface area contributed by atoms with Gasteiger partial charge in [0.1, 0.15) is 5.58 Å². The van der Waals surface area contributed by atoms with Crippen LogP contribution in [0.2, 0.25) is 0 Å². The van der Waals surface area contributed by atoms with Crippen LogP contribution in [0.5, 0.6) is 0 Å². The van der Waals surface area contributed by atoms with Gasteiger partial charge in [-0.2, -0.15) is 0 Å². The molecule has 0 saturated heterocycles. The summed E-state index contributed by atoms with van der Waals surface area (Å²) in [5.74, 6) is 0. The minimum Gasteiger partial charge on any atom is -0.422 e. The molecule has 0 spiro atoms. The summed E-state index contributed by atoms with van der Waals surface area (Å²) in [6.07, 6.45) is 0. The standard InChI is InChI=1S/C39H24N2O2/c42-39-33(25-17-20-27(21-18-25)40-34-13-5-1-9-29(34)30-10-2-6-14-35(30)40)23-26-19-22-28(24-38(26)43-39)41-36-15-7-3-11-31(36)32-12-4-8-16-37(32)41/h1-24H. The molecule has 0 aliphatic carbocycles. The molecule has 9 rings (SSSR count). The van der Waals surface area contributed by atoms with E-state index in [4.69, 9.17) is 4.42 Å². The molecule has 202 valence electrons. The fraction of sp³-hybridized carbons (Fsp3) is 0. The topological polar surface area (TPSA) is 40.1 Å². The highest BCUT2D eigenvalue weighted by atomic mass is 16.4. The molecule has 0 fully saturated rings.